The molecule has 0 aliphatic rings. The van der Waals surface area contributed by atoms with Crippen LogP contribution in [0.1, 0.15) is 23.6 Å². The number of hydrogen-bond acceptors (Lipinski definition) is 1. The van der Waals surface area contributed by atoms with Crippen LogP contribution in [0.15, 0.2) is 73.1 Å². The van der Waals surface area contributed by atoms with Crippen LogP contribution < -0.4 is 5.32 Å². The first-order chi connectivity index (χ1) is 11.6. The van der Waals surface area contributed by atoms with Gasteiger partial charge in [0.25, 0.3) is 0 Å². The predicted octanol–water partition coefficient (Wildman–Crippen LogP) is 4.55. The average molecular weight is 322 g/mol. The van der Waals surface area contributed by atoms with Gasteiger partial charge in [-0.15, -0.1) is 0 Å². The lowest BCUT2D eigenvalue weighted by atomic mass is 10.0. The summed E-state index contributed by atoms with van der Waals surface area (Å²) in [5.41, 5.74) is 2.42. The van der Waals surface area contributed by atoms with Crippen LogP contribution in [0.4, 0.5) is 10.1 Å². The Kier molecular flexibility index (Phi) is 4.75. The molecule has 0 saturated carbocycles. The number of halogens is 1. The maximum Gasteiger partial charge on any atom is 0.226 e. The summed E-state index contributed by atoms with van der Waals surface area (Å²) in [5, 5.41) is 2.66. The Morgan fingerprint density at radius 2 is 1.71 bits per heavy atom. The fourth-order valence-electron chi connectivity index (χ4n) is 2.68. The summed E-state index contributed by atoms with van der Waals surface area (Å²) in [6.45, 7) is 2.03. The molecule has 3 aromatic rings. The number of anilines is 1. The Bertz CT molecular complexity index is 810. The first-order valence-corrected chi connectivity index (χ1v) is 7.87. The summed E-state index contributed by atoms with van der Waals surface area (Å²) >= 11 is 0. The highest BCUT2D eigenvalue weighted by Gasteiger charge is 2.18. The Balaban J connectivity index is 1.81. The summed E-state index contributed by atoms with van der Waals surface area (Å²) in [6.07, 6.45) is 4.09. The number of para-hydroxylation sites is 1. The van der Waals surface area contributed by atoms with Crippen molar-refractivity contribution in [2.24, 2.45) is 0 Å². The third-order valence-corrected chi connectivity index (χ3v) is 3.98. The van der Waals surface area contributed by atoms with Gasteiger partial charge in [0.1, 0.15) is 5.82 Å². The molecule has 4 heteroatoms. The molecule has 1 N–H and O–H groups in total. The van der Waals surface area contributed by atoms with Crippen molar-refractivity contribution in [3.05, 3.63) is 90.0 Å². The molecule has 0 spiro atoms. The first kappa shape index (κ1) is 16.0. The number of carbonyl (C=O) groups is 1. The summed E-state index contributed by atoms with van der Waals surface area (Å²) in [5.74, 6) is -0.655. The summed E-state index contributed by atoms with van der Waals surface area (Å²) in [7, 11) is 0. The van der Waals surface area contributed by atoms with Crippen LogP contribution in [0.5, 0.6) is 0 Å². The molecule has 1 amide bonds. The molecular weight excluding hydrogens is 303 g/mol. The highest BCUT2D eigenvalue weighted by Crippen LogP contribution is 2.24. The van der Waals surface area contributed by atoms with E-state index in [9.17, 15) is 9.18 Å². The number of nitrogens with zero attached hydrogens (tertiary/aromatic N) is 1. The summed E-state index contributed by atoms with van der Waals surface area (Å²) in [6, 6.07) is 18.0. The fourth-order valence-corrected chi connectivity index (χ4v) is 2.68. The van der Waals surface area contributed by atoms with Crippen LogP contribution >= 0.6 is 0 Å². The van der Waals surface area contributed by atoms with E-state index in [1.807, 2.05) is 60.3 Å². The zero-order valence-corrected chi connectivity index (χ0v) is 13.4. The molecule has 1 atom stereocenters. The maximum absolute atomic E-state index is 13.7. The summed E-state index contributed by atoms with van der Waals surface area (Å²) in [4.78, 5) is 12.4. The number of benzene rings is 2. The molecule has 0 aliphatic carbocycles. The SMILES string of the molecule is Cc1ccc(C(CC(=O)Nc2ccccc2F)n2cccc2)cc1. The zero-order valence-electron chi connectivity index (χ0n) is 13.4. The van der Waals surface area contributed by atoms with Gasteiger partial charge in [0.2, 0.25) is 5.91 Å². The topological polar surface area (TPSA) is 34.0 Å². The normalized spacial score (nSPS) is 11.9. The molecule has 24 heavy (non-hydrogen) atoms. The second-order valence-electron chi connectivity index (χ2n) is 5.79. The van der Waals surface area contributed by atoms with E-state index >= 15 is 0 Å². The molecule has 1 aromatic heterocycles. The van der Waals surface area contributed by atoms with E-state index in [-0.39, 0.29) is 24.1 Å². The van der Waals surface area contributed by atoms with Crippen molar-refractivity contribution in [3.63, 3.8) is 0 Å². The minimum atomic E-state index is -0.432. The van der Waals surface area contributed by atoms with Crippen LogP contribution in [0.25, 0.3) is 0 Å². The minimum Gasteiger partial charge on any atom is -0.346 e. The molecule has 0 bridgehead atoms. The van der Waals surface area contributed by atoms with Crippen LogP contribution in [0, 0.1) is 12.7 Å². The number of aromatic nitrogens is 1. The molecule has 3 nitrogen and oxygen atoms in total. The fraction of sp³-hybridized carbons (Fsp3) is 0.150. The van der Waals surface area contributed by atoms with Crippen LogP contribution in [-0.4, -0.2) is 10.5 Å². The highest BCUT2D eigenvalue weighted by molar-refractivity contribution is 5.91. The quantitative estimate of drug-likeness (QED) is 0.734. The number of amides is 1. The number of aryl methyl sites for hydroxylation is 1. The summed E-state index contributed by atoms with van der Waals surface area (Å²) < 4.78 is 15.7. The van der Waals surface area contributed by atoms with Gasteiger partial charge < -0.3 is 9.88 Å². The molecule has 1 unspecified atom stereocenters. The van der Waals surface area contributed by atoms with Gasteiger partial charge in [0, 0.05) is 12.4 Å². The van der Waals surface area contributed by atoms with Gasteiger partial charge in [-0.2, -0.15) is 0 Å². The van der Waals surface area contributed by atoms with E-state index in [2.05, 4.69) is 5.32 Å². The van der Waals surface area contributed by atoms with Crippen molar-refractivity contribution >= 4 is 11.6 Å². The molecular formula is C20H19FN2O. The van der Waals surface area contributed by atoms with Crippen LogP contribution in [0.2, 0.25) is 0 Å². The third kappa shape index (κ3) is 3.71. The lowest BCUT2D eigenvalue weighted by Gasteiger charge is -2.19. The molecule has 3 rings (SSSR count). The van der Waals surface area contributed by atoms with E-state index in [1.165, 1.54) is 11.6 Å². The second-order valence-corrected chi connectivity index (χ2v) is 5.79. The number of carbonyl (C=O) groups excluding carboxylic acids is 1. The van der Waals surface area contributed by atoms with E-state index in [4.69, 9.17) is 0 Å². The van der Waals surface area contributed by atoms with Gasteiger partial charge in [-0.25, -0.2) is 4.39 Å². The van der Waals surface area contributed by atoms with Gasteiger partial charge in [0.15, 0.2) is 0 Å². The predicted molar refractivity (Wildman–Crippen MR) is 93.4 cm³/mol. The Hall–Kier alpha value is -2.88. The molecule has 2 aromatic carbocycles. The van der Waals surface area contributed by atoms with E-state index in [1.54, 1.807) is 18.2 Å². The number of nitrogens with one attached hydrogen (secondary N) is 1. The van der Waals surface area contributed by atoms with Crippen molar-refractivity contribution in [1.82, 2.24) is 4.57 Å². The van der Waals surface area contributed by atoms with Gasteiger partial charge in [-0.3, -0.25) is 4.79 Å². The van der Waals surface area contributed by atoms with E-state index < -0.39 is 5.82 Å². The Labute approximate surface area is 140 Å². The zero-order chi connectivity index (χ0) is 16.9. The Morgan fingerprint density at radius 3 is 2.38 bits per heavy atom. The number of rotatable bonds is 5. The van der Waals surface area contributed by atoms with E-state index in [0.717, 1.165) is 5.56 Å². The van der Waals surface area contributed by atoms with Crippen LogP contribution in [0.3, 0.4) is 0 Å². The average Bonchev–Trinajstić information content (AvgIpc) is 3.10. The van der Waals surface area contributed by atoms with Gasteiger partial charge in [0.05, 0.1) is 18.2 Å². The maximum atomic E-state index is 13.7. The Morgan fingerprint density at radius 1 is 1.04 bits per heavy atom. The van der Waals surface area contributed by atoms with Crippen molar-refractivity contribution in [3.8, 4) is 0 Å². The van der Waals surface area contributed by atoms with Crippen molar-refractivity contribution in [2.45, 2.75) is 19.4 Å². The largest absolute Gasteiger partial charge is 0.346 e. The molecule has 122 valence electrons. The lowest BCUT2D eigenvalue weighted by Crippen LogP contribution is -2.20. The van der Waals surface area contributed by atoms with Crippen molar-refractivity contribution in [2.75, 3.05) is 5.32 Å². The first-order valence-electron chi connectivity index (χ1n) is 7.87. The monoisotopic (exact) mass is 322 g/mol. The lowest BCUT2D eigenvalue weighted by molar-refractivity contribution is -0.116. The molecule has 1 heterocycles. The molecule has 0 fully saturated rings. The van der Waals surface area contributed by atoms with Gasteiger partial charge in [-0.05, 0) is 36.8 Å². The van der Waals surface area contributed by atoms with E-state index in [0.29, 0.717) is 0 Å². The van der Waals surface area contributed by atoms with Crippen molar-refractivity contribution < 1.29 is 9.18 Å². The smallest absolute Gasteiger partial charge is 0.226 e. The number of hydrogen-bond donors (Lipinski definition) is 1. The second kappa shape index (κ2) is 7.13. The standard InChI is InChI=1S/C20H19FN2O/c1-15-8-10-16(11-9-15)19(23-12-4-5-13-23)14-20(24)22-18-7-3-2-6-17(18)21/h2-13,19H,14H2,1H3,(H,22,24). The molecule has 0 saturated heterocycles. The third-order valence-electron chi connectivity index (χ3n) is 3.98. The van der Waals surface area contributed by atoms with Crippen molar-refractivity contribution in [1.29, 1.82) is 0 Å². The minimum absolute atomic E-state index is 0.132. The highest BCUT2D eigenvalue weighted by atomic mass is 19.1. The van der Waals surface area contributed by atoms with Crippen LogP contribution in [-0.2, 0) is 4.79 Å². The van der Waals surface area contributed by atoms with Gasteiger partial charge >= 0.3 is 0 Å². The van der Waals surface area contributed by atoms with Gasteiger partial charge in [-0.1, -0.05) is 42.0 Å². The molecule has 0 radical (unpaired) electrons. The molecule has 0 aliphatic heterocycles.